The Balaban J connectivity index is 1.97. The SMILES string of the molecule is C=C1C(=O)C[C@@]23C(=O)C[C@@]4(C)CC[C@@](C)(C[C@H]12)[C@H]43. The summed E-state index contributed by atoms with van der Waals surface area (Å²) in [5, 5.41) is 0. The molecule has 0 radical (unpaired) electrons. The Kier molecular flexibility index (Phi) is 1.62. The third kappa shape index (κ3) is 0.856. The summed E-state index contributed by atoms with van der Waals surface area (Å²) in [5.41, 5.74) is 0.845. The molecule has 4 aliphatic rings. The van der Waals surface area contributed by atoms with E-state index in [0.717, 1.165) is 18.4 Å². The first kappa shape index (κ1) is 11.0. The van der Waals surface area contributed by atoms with Crippen LogP contribution in [0.5, 0.6) is 0 Å². The number of hydrogen-bond acceptors (Lipinski definition) is 2. The topological polar surface area (TPSA) is 34.1 Å². The number of hydrogen-bond donors (Lipinski definition) is 0. The molecule has 4 aliphatic carbocycles. The number of carbonyl (C=O) groups is 2. The van der Waals surface area contributed by atoms with Gasteiger partial charge >= 0.3 is 0 Å². The summed E-state index contributed by atoms with van der Waals surface area (Å²) in [6, 6.07) is 0. The van der Waals surface area contributed by atoms with E-state index in [1.54, 1.807) is 0 Å². The number of allylic oxidation sites excluding steroid dienone is 1. The van der Waals surface area contributed by atoms with Crippen molar-refractivity contribution in [3.63, 3.8) is 0 Å². The molecule has 0 N–H and O–H groups in total. The minimum atomic E-state index is -0.339. The Hall–Kier alpha value is -0.920. The molecule has 5 atom stereocenters. The zero-order valence-electron chi connectivity index (χ0n) is 11.2. The molecule has 2 nitrogen and oxygen atoms in total. The molecule has 4 rings (SSSR count). The summed E-state index contributed by atoms with van der Waals surface area (Å²) < 4.78 is 0. The van der Waals surface area contributed by atoms with Crippen LogP contribution in [0.2, 0.25) is 0 Å². The Morgan fingerprint density at radius 2 is 1.78 bits per heavy atom. The maximum atomic E-state index is 12.7. The van der Waals surface area contributed by atoms with Crippen LogP contribution in [0.4, 0.5) is 0 Å². The van der Waals surface area contributed by atoms with E-state index >= 15 is 0 Å². The molecule has 0 heterocycles. The summed E-state index contributed by atoms with van der Waals surface area (Å²) in [6.07, 6.45) is 4.56. The first-order valence-electron chi connectivity index (χ1n) is 7.09. The molecule has 4 saturated carbocycles. The molecule has 0 aromatic heterocycles. The Morgan fingerprint density at radius 3 is 2.50 bits per heavy atom. The van der Waals surface area contributed by atoms with Crippen LogP contribution < -0.4 is 0 Å². The number of Topliss-reactive ketones (excluding diaryl/α,β-unsaturated/α-hetero) is 2. The zero-order valence-corrected chi connectivity index (χ0v) is 11.2. The van der Waals surface area contributed by atoms with Crippen LogP contribution in [-0.2, 0) is 9.59 Å². The van der Waals surface area contributed by atoms with Crippen LogP contribution in [0.1, 0.15) is 46.0 Å². The summed E-state index contributed by atoms with van der Waals surface area (Å²) in [4.78, 5) is 24.8. The highest BCUT2D eigenvalue weighted by Crippen LogP contribution is 2.79. The smallest absolute Gasteiger partial charge is 0.159 e. The third-order valence-electron chi connectivity index (χ3n) is 6.78. The van der Waals surface area contributed by atoms with Gasteiger partial charge in [-0.2, -0.15) is 0 Å². The van der Waals surface area contributed by atoms with Crippen LogP contribution in [-0.4, -0.2) is 11.6 Å². The van der Waals surface area contributed by atoms with Gasteiger partial charge in [0, 0.05) is 24.2 Å². The first-order valence-corrected chi connectivity index (χ1v) is 7.09. The fraction of sp³-hybridized carbons (Fsp3) is 0.750. The van der Waals surface area contributed by atoms with Crippen molar-refractivity contribution >= 4 is 11.6 Å². The lowest BCUT2D eigenvalue weighted by Crippen LogP contribution is -2.36. The zero-order chi connectivity index (χ0) is 12.9. The molecule has 0 aromatic rings. The predicted octanol–water partition coefficient (Wildman–Crippen LogP) is 2.92. The van der Waals surface area contributed by atoms with Crippen molar-refractivity contribution in [1.82, 2.24) is 0 Å². The molecule has 0 aliphatic heterocycles. The molecular formula is C16H20O2. The highest BCUT2D eigenvalue weighted by molar-refractivity contribution is 6.06. The van der Waals surface area contributed by atoms with E-state index < -0.39 is 0 Å². The van der Waals surface area contributed by atoms with Gasteiger partial charge in [0.2, 0.25) is 0 Å². The lowest BCUT2D eigenvalue weighted by molar-refractivity contribution is -0.130. The quantitative estimate of drug-likeness (QED) is 0.614. The maximum absolute atomic E-state index is 12.7. The first-order chi connectivity index (χ1) is 8.33. The normalized spacial score (nSPS) is 57.3. The second-order valence-corrected chi connectivity index (χ2v) is 7.76. The van der Waals surface area contributed by atoms with Gasteiger partial charge in [-0.3, -0.25) is 9.59 Å². The molecular weight excluding hydrogens is 224 g/mol. The largest absolute Gasteiger partial charge is 0.299 e. The van der Waals surface area contributed by atoms with E-state index in [2.05, 4.69) is 20.4 Å². The van der Waals surface area contributed by atoms with Gasteiger partial charge in [0.1, 0.15) is 5.78 Å². The van der Waals surface area contributed by atoms with Crippen molar-refractivity contribution in [2.75, 3.05) is 0 Å². The Labute approximate surface area is 108 Å². The molecule has 0 aromatic carbocycles. The second-order valence-electron chi connectivity index (χ2n) is 7.76. The van der Waals surface area contributed by atoms with E-state index in [-0.39, 0.29) is 27.9 Å². The minimum Gasteiger partial charge on any atom is -0.299 e. The Bertz CT molecular complexity index is 519. The Morgan fingerprint density at radius 1 is 1.11 bits per heavy atom. The molecule has 1 spiro atoms. The molecule has 0 amide bonds. The number of rotatable bonds is 0. The van der Waals surface area contributed by atoms with E-state index in [4.69, 9.17) is 0 Å². The van der Waals surface area contributed by atoms with Crippen LogP contribution in [0.3, 0.4) is 0 Å². The highest BCUT2D eigenvalue weighted by Gasteiger charge is 2.77. The van der Waals surface area contributed by atoms with Gasteiger partial charge in [0.25, 0.3) is 0 Å². The fourth-order valence-electron chi connectivity index (χ4n) is 6.42. The molecule has 4 fully saturated rings. The highest BCUT2D eigenvalue weighted by atomic mass is 16.1. The van der Waals surface area contributed by atoms with Gasteiger partial charge in [-0.1, -0.05) is 20.4 Å². The van der Waals surface area contributed by atoms with Crippen molar-refractivity contribution in [3.05, 3.63) is 12.2 Å². The number of carbonyl (C=O) groups excluding carboxylic acids is 2. The van der Waals surface area contributed by atoms with Crippen LogP contribution >= 0.6 is 0 Å². The van der Waals surface area contributed by atoms with Crippen molar-refractivity contribution < 1.29 is 9.59 Å². The second kappa shape index (κ2) is 2.66. The molecule has 18 heavy (non-hydrogen) atoms. The summed E-state index contributed by atoms with van der Waals surface area (Å²) in [6.45, 7) is 8.63. The van der Waals surface area contributed by atoms with Crippen molar-refractivity contribution in [3.8, 4) is 0 Å². The van der Waals surface area contributed by atoms with Crippen LogP contribution in [0.15, 0.2) is 12.2 Å². The van der Waals surface area contributed by atoms with Gasteiger partial charge in [-0.25, -0.2) is 0 Å². The standard InChI is InChI=1S/C16H20O2/c1-9-10-6-14(2)4-5-15(3)8-12(18)16(10,13(14)15)7-11(9)17/h10,13H,1,4-8H2,2-3H3/t10-,13-,14+,15-,16+/m1/s1. The molecule has 0 saturated heterocycles. The molecule has 0 bridgehead atoms. The molecule has 0 unspecified atom stereocenters. The number of ketones is 2. The van der Waals surface area contributed by atoms with Gasteiger partial charge in [-0.15, -0.1) is 0 Å². The lowest BCUT2D eigenvalue weighted by atomic mass is 9.67. The van der Waals surface area contributed by atoms with E-state index in [1.807, 2.05) is 0 Å². The summed E-state index contributed by atoms with van der Waals surface area (Å²) in [5.74, 6) is 1.12. The summed E-state index contributed by atoms with van der Waals surface area (Å²) >= 11 is 0. The van der Waals surface area contributed by atoms with Crippen LogP contribution in [0.25, 0.3) is 0 Å². The average Bonchev–Trinajstić information content (AvgIpc) is 2.85. The minimum absolute atomic E-state index is 0.158. The van der Waals surface area contributed by atoms with E-state index in [9.17, 15) is 9.59 Å². The van der Waals surface area contributed by atoms with Crippen LogP contribution in [0, 0.1) is 28.1 Å². The lowest BCUT2D eigenvalue weighted by Gasteiger charge is -2.35. The fourth-order valence-corrected chi connectivity index (χ4v) is 6.42. The van der Waals surface area contributed by atoms with E-state index in [0.29, 0.717) is 24.5 Å². The van der Waals surface area contributed by atoms with Gasteiger partial charge in [0.15, 0.2) is 5.78 Å². The predicted molar refractivity (Wildman–Crippen MR) is 67.9 cm³/mol. The maximum Gasteiger partial charge on any atom is 0.159 e. The third-order valence-corrected chi connectivity index (χ3v) is 6.78. The average molecular weight is 244 g/mol. The van der Waals surface area contributed by atoms with Crippen molar-refractivity contribution in [2.24, 2.45) is 28.1 Å². The monoisotopic (exact) mass is 244 g/mol. The molecule has 96 valence electrons. The molecule has 2 heteroatoms. The summed E-state index contributed by atoms with van der Waals surface area (Å²) in [7, 11) is 0. The van der Waals surface area contributed by atoms with Crippen molar-refractivity contribution in [2.45, 2.75) is 46.0 Å². The van der Waals surface area contributed by atoms with Gasteiger partial charge in [0.05, 0.1) is 0 Å². The van der Waals surface area contributed by atoms with Gasteiger partial charge < -0.3 is 0 Å². The van der Waals surface area contributed by atoms with E-state index in [1.165, 1.54) is 6.42 Å². The van der Waals surface area contributed by atoms with Crippen molar-refractivity contribution in [1.29, 1.82) is 0 Å². The van der Waals surface area contributed by atoms with Gasteiger partial charge in [-0.05, 0) is 41.6 Å².